The average molecular weight is 318 g/mol. The molecule has 0 atom stereocenters. The normalized spacial score (nSPS) is 11.0. The Labute approximate surface area is 134 Å². The van der Waals surface area contributed by atoms with Crippen LogP contribution in [-0.4, -0.2) is 21.4 Å². The highest BCUT2D eigenvalue weighted by molar-refractivity contribution is 6.30. The summed E-state index contributed by atoms with van der Waals surface area (Å²) in [5, 5.41) is 13.8. The van der Waals surface area contributed by atoms with Gasteiger partial charge in [-0.3, -0.25) is 0 Å². The van der Waals surface area contributed by atoms with Crippen molar-refractivity contribution in [3.05, 3.63) is 41.0 Å². The number of esters is 1. The van der Waals surface area contributed by atoms with Gasteiger partial charge in [-0.2, -0.15) is 10.4 Å². The van der Waals surface area contributed by atoms with Crippen molar-refractivity contribution < 1.29 is 9.53 Å². The molecule has 2 aromatic rings. The first-order valence-electron chi connectivity index (χ1n) is 6.74. The molecule has 1 heterocycles. The molecular weight excluding hydrogens is 302 g/mol. The van der Waals surface area contributed by atoms with Crippen molar-refractivity contribution in [2.24, 2.45) is 0 Å². The molecule has 0 spiro atoms. The summed E-state index contributed by atoms with van der Waals surface area (Å²) in [6.07, 6.45) is 0. The van der Waals surface area contributed by atoms with Crippen LogP contribution in [0.25, 0.3) is 11.3 Å². The first-order chi connectivity index (χ1) is 10.3. The molecule has 0 radical (unpaired) electrons. The highest BCUT2D eigenvalue weighted by Gasteiger charge is 2.23. The molecule has 0 aliphatic rings. The van der Waals surface area contributed by atoms with E-state index in [4.69, 9.17) is 21.6 Å². The van der Waals surface area contributed by atoms with Crippen molar-refractivity contribution in [1.82, 2.24) is 9.78 Å². The Morgan fingerprint density at radius 2 is 2.14 bits per heavy atom. The molecule has 6 heteroatoms. The summed E-state index contributed by atoms with van der Waals surface area (Å²) in [4.78, 5) is 12.2. The Hall–Kier alpha value is -2.32. The van der Waals surface area contributed by atoms with Crippen LogP contribution < -0.4 is 0 Å². The number of hydrogen-bond donors (Lipinski definition) is 0. The Morgan fingerprint density at radius 1 is 1.41 bits per heavy atom. The van der Waals surface area contributed by atoms with Gasteiger partial charge in [-0.05, 0) is 39.0 Å². The highest BCUT2D eigenvalue weighted by atomic mass is 35.5. The molecule has 0 saturated heterocycles. The third-order valence-electron chi connectivity index (χ3n) is 2.73. The Bertz CT molecular complexity index is 739. The number of carbonyl (C=O) groups is 1. The molecule has 0 aliphatic carbocycles. The van der Waals surface area contributed by atoms with E-state index >= 15 is 0 Å². The lowest BCUT2D eigenvalue weighted by Crippen LogP contribution is -2.25. The fourth-order valence-corrected chi connectivity index (χ4v) is 2.08. The van der Waals surface area contributed by atoms with Gasteiger partial charge in [0.15, 0.2) is 0 Å². The second kappa shape index (κ2) is 6.20. The van der Waals surface area contributed by atoms with E-state index in [1.165, 1.54) is 4.68 Å². The minimum absolute atomic E-state index is 0.0326. The van der Waals surface area contributed by atoms with Gasteiger partial charge in [0.05, 0.1) is 11.8 Å². The smallest absolute Gasteiger partial charge is 0.357 e. The largest absolute Gasteiger partial charge is 0.455 e. The van der Waals surface area contributed by atoms with Crippen LogP contribution in [0.2, 0.25) is 5.02 Å². The summed E-state index contributed by atoms with van der Waals surface area (Å²) in [7, 11) is 0. The molecule has 1 aromatic heterocycles. The van der Waals surface area contributed by atoms with E-state index in [-0.39, 0.29) is 12.2 Å². The van der Waals surface area contributed by atoms with Crippen LogP contribution in [0.15, 0.2) is 30.3 Å². The predicted octanol–water partition coefficient (Wildman–Crippen LogP) is 3.68. The summed E-state index contributed by atoms with van der Waals surface area (Å²) in [6, 6.07) is 10.7. The molecule has 0 unspecified atom stereocenters. The summed E-state index contributed by atoms with van der Waals surface area (Å²) >= 11 is 5.97. The lowest BCUT2D eigenvalue weighted by atomic mass is 10.1. The maximum atomic E-state index is 12.2. The number of benzene rings is 1. The quantitative estimate of drug-likeness (QED) is 0.810. The van der Waals surface area contributed by atoms with Crippen LogP contribution in [0.3, 0.4) is 0 Å². The number of ether oxygens (including phenoxy) is 1. The summed E-state index contributed by atoms with van der Waals surface area (Å²) in [6.45, 7) is 5.32. The zero-order valence-electron chi connectivity index (χ0n) is 12.6. The van der Waals surface area contributed by atoms with Gasteiger partial charge >= 0.3 is 5.97 Å². The molecule has 1 aromatic carbocycles. The molecule has 0 bridgehead atoms. The van der Waals surface area contributed by atoms with Crippen molar-refractivity contribution in [3.63, 3.8) is 0 Å². The van der Waals surface area contributed by atoms with E-state index in [2.05, 4.69) is 5.10 Å². The van der Waals surface area contributed by atoms with Crippen molar-refractivity contribution in [2.45, 2.75) is 32.9 Å². The molecule has 0 fully saturated rings. The third-order valence-corrected chi connectivity index (χ3v) is 2.96. The monoisotopic (exact) mass is 317 g/mol. The lowest BCUT2D eigenvalue weighted by molar-refractivity contribution is 0.00568. The first kappa shape index (κ1) is 16.1. The van der Waals surface area contributed by atoms with E-state index in [9.17, 15) is 4.79 Å². The van der Waals surface area contributed by atoms with Crippen molar-refractivity contribution in [3.8, 4) is 17.3 Å². The minimum atomic E-state index is -0.616. The number of hydrogen-bond acceptors (Lipinski definition) is 4. The number of nitriles is 1. The Kier molecular flexibility index (Phi) is 4.53. The molecule has 5 nitrogen and oxygen atoms in total. The number of carbonyl (C=O) groups excluding carboxylic acids is 1. The average Bonchev–Trinajstić information content (AvgIpc) is 2.81. The molecule has 0 N–H and O–H groups in total. The van der Waals surface area contributed by atoms with E-state index < -0.39 is 11.6 Å². The SMILES string of the molecule is CC(C)(C)OC(=O)c1cc(-c2cccc(Cl)c2)nn1CC#N. The minimum Gasteiger partial charge on any atom is -0.455 e. The molecule has 0 aliphatic heterocycles. The van der Waals surface area contributed by atoms with Crippen molar-refractivity contribution in [2.75, 3.05) is 0 Å². The van der Waals surface area contributed by atoms with Gasteiger partial charge in [0.2, 0.25) is 0 Å². The fourth-order valence-electron chi connectivity index (χ4n) is 1.89. The van der Waals surface area contributed by atoms with E-state index in [0.29, 0.717) is 10.7 Å². The fraction of sp³-hybridized carbons (Fsp3) is 0.312. The van der Waals surface area contributed by atoms with Crippen LogP contribution in [0.5, 0.6) is 0 Å². The Balaban J connectivity index is 2.42. The Morgan fingerprint density at radius 3 is 2.73 bits per heavy atom. The van der Waals surface area contributed by atoms with Crippen molar-refractivity contribution in [1.29, 1.82) is 5.26 Å². The standard InChI is InChI=1S/C16H16ClN3O2/c1-16(2,3)22-15(21)14-10-13(19-20(14)8-7-18)11-5-4-6-12(17)9-11/h4-6,9-10H,8H2,1-3H3. The van der Waals surface area contributed by atoms with Gasteiger partial charge in [0.25, 0.3) is 0 Å². The lowest BCUT2D eigenvalue weighted by Gasteiger charge is -2.19. The van der Waals surface area contributed by atoms with E-state index in [1.54, 1.807) is 45.0 Å². The van der Waals surface area contributed by atoms with Gasteiger partial charge in [0, 0.05) is 10.6 Å². The number of rotatable bonds is 3. The van der Waals surface area contributed by atoms with Gasteiger partial charge < -0.3 is 4.74 Å². The molecule has 22 heavy (non-hydrogen) atoms. The zero-order chi connectivity index (χ0) is 16.3. The summed E-state index contributed by atoms with van der Waals surface area (Å²) in [5.41, 5.74) is 0.966. The first-order valence-corrected chi connectivity index (χ1v) is 7.12. The van der Waals surface area contributed by atoms with Crippen LogP contribution in [0.4, 0.5) is 0 Å². The molecular formula is C16H16ClN3O2. The molecule has 114 valence electrons. The number of nitrogens with zero attached hydrogens (tertiary/aromatic N) is 3. The molecule has 0 saturated carbocycles. The summed E-state index contributed by atoms with van der Waals surface area (Å²) in [5.74, 6) is -0.511. The summed E-state index contributed by atoms with van der Waals surface area (Å²) < 4.78 is 6.69. The second-order valence-corrected chi connectivity index (χ2v) is 6.18. The van der Waals surface area contributed by atoms with Crippen molar-refractivity contribution >= 4 is 17.6 Å². The van der Waals surface area contributed by atoms with E-state index in [0.717, 1.165) is 5.56 Å². The van der Waals surface area contributed by atoms with Gasteiger partial charge in [-0.25, -0.2) is 9.48 Å². The van der Waals surface area contributed by atoms with Crippen LogP contribution >= 0.6 is 11.6 Å². The maximum Gasteiger partial charge on any atom is 0.357 e. The number of aromatic nitrogens is 2. The van der Waals surface area contributed by atoms with Gasteiger partial charge in [-0.1, -0.05) is 23.7 Å². The molecule has 2 rings (SSSR count). The third kappa shape index (κ3) is 3.86. The highest BCUT2D eigenvalue weighted by Crippen LogP contribution is 2.23. The van der Waals surface area contributed by atoms with Crippen LogP contribution in [-0.2, 0) is 11.3 Å². The maximum absolute atomic E-state index is 12.2. The predicted molar refractivity (Wildman–Crippen MR) is 83.5 cm³/mol. The zero-order valence-corrected chi connectivity index (χ0v) is 13.4. The van der Waals surface area contributed by atoms with Gasteiger partial charge in [-0.15, -0.1) is 0 Å². The van der Waals surface area contributed by atoms with Gasteiger partial charge in [0.1, 0.15) is 17.8 Å². The molecule has 0 amide bonds. The number of halogens is 1. The topological polar surface area (TPSA) is 67.9 Å². The van der Waals surface area contributed by atoms with E-state index in [1.807, 2.05) is 12.1 Å². The van der Waals surface area contributed by atoms with Crippen LogP contribution in [0, 0.1) is 11.3 Å². The second-order valence-electron chi connectivity index (χ2n) is 5.74. The van der Waals surface area contributed by atoms with Crippen LogP contribution in [0.1, 0.15) is 31.3 Å².